The van der Waals surface area contributed by atoms with E-state index in [0.717, 1.165) is 31.9 Å². The number of piperazine rings is 1. The van der Waals surface area contributed by atoms with E-state index in [4.69, 9.17) is 4.52 Å². The third-order valence-corrected chi connectivity index (χ3v) is 2.92. The molecule has 2 unspecified atom stereocenters. The monoisotopic (exact) mass is 210 g/mol. The van der Waals surface area contributed by atoms with Gasteiger partial charge >= 0.3 is 0 Å². The first-order chi connectivity index (χ1) is 7.25. The van der Waals surface area contributed by atoms with Crippen LogP contribution in [0.4, 0.5) is 0 Å². The molecule has 0 amide bonds. The van der Waals surface area contributed by atoms with Crippen molar-refractivity contribution < 1.29 is 4.52 Å². The van der Waals surface area contributed by atoms with Gasteiger partial charge in [0, 0.05) is 38.1 Å². The van der Waals surface area contributed by atoms with Crippen molar-refractivity contribution in [2.75, 3.05) is 19.6 Å². The van der Waals surface area contributed by atoms with Crippen LogP contribution in [0.15, 0.2) is 10.9 Å². The molecule has 1 aromatic heterocycles. The average molecular weight is 210 g/mol. The minimum absolute atomic E-state index is 0.575. The second-order valence-corrected chi connectivity index (χ2v) is 4.25. The molecule has 5 heteroatoms. The Morgan fingerprint density at radius 2 is 2.47 bits per heavy atom. The van der Waals surface area contributed by atoms with Crippen LogP contribution >= 0.6 is 0 Å². The number of rotatable bonds is 3. The number of nitrogens with zero attached hydrogens (tertiary/aromatic N) is 3. The predicted molar refractivity (Wildman–Crippen MR) is 56.5 cm³/mol. The highest BCUT2D eigenvalue weighted by Crippen LogP contribution is 2.07. The molecule has 1 aliphatic rings. The quantitative estimate of drug-likeness (QED) is 0.777. The summed E-state index contributed by atoms with van der Waals surface area (Å²) in [6.07, 6.45) is 2.26. The zero-order valence-electron chi connectivity index (χ0n) is 9.31. The lowest BCUT2D eigenvalue weighted by molar-refractivity contribution is 0.147. The zero-order chi connectivity index (χ0) is 10.7. The third-order valence-electron chi connectivity index (χ3n) is 2.92. The van der Waals surface area contributed by atoms with Gasteiger partial charge in [-0.2, -0.15) is 4.98 Å². The molecular weight excluding hydrogens is 192 g/mol. The standard InChI is InChI=1S/C10H18N4O/c1-8-6-14(9(2)5-11-8)4-3-10-12-7-15-13-10/h7-9,11H,3-6H2,1-2H3. The topological polar surface area (TPSA) is 54.2 Å². The highest BCUT2D eigenvalue weighted by Gasteiger charge is 2.21. The molecule has 1 aliphatic heterocycles. The summed E-state index contributed by atoms with van der Waals surface area (Å²) in [4.78, 5) is 6.49. The Bertz CT molecular complexity index is 288. The Morgan fingerprint density at radius 1 is 1.60 bits per heavy atom. The van der Waals surface area contributed by atoms with Gasteiger partial charge in [0.15, 0.2) is 5.82 Å². The van der Waals surface area contributed by atoms with E-state index in [1.54, 1.807) is 0 Å². The second-order valence-electron chi connectivity index (χ2n) is 4.25. The van der Waals surface area contributed by atoms with Gasteiger partial charge in [0.05, 0.1) is 0 Å². The van der Waals surface area contributed by atoms with Crippen LogP contribution in [-0.2, 0) is 6.42 Å². The molecular formula is C10H18N4O. The molecule has 15 heavy (non-hydrogen) atoms. The lowest BCUT2D eigenvalue weighted by Gasteiger charge is -2.37. The SMILES string of the molecule is CC1CN(CCc2ncon2)C(C)CN1. The van der Waals surface area contributed by atoms with Crippen molar-refractivity contribution in [1.82, 2.24) is 20.4 Å². The Labute approximate surface area is 89.8 Å². The van der Waals surface area contributed by atoms with E-state index in [1.807, 2.05) is 0 Å². The average Bonchev–Trinajstić information content (AvgIpc) is 2.72. The molecule has 1 fully saturated rings. The van der Waals surface area contributed by atoms with Gasteiger partial charge in [0.25, 0.3) is 0 Å². The smallest absolute Gasteiger partial charge is 0.213 e. The number of hydrogen-bond donors (Lipinski definition) is 1. The summed E-state index contributed by atoms with van der Waals surface area (Å²) < 4.78 is 4.71. The molecule has 0 aliphatic carbocycles. The normalized spacial score (nSPS) is 28.1. The van der Waals surface area contributed by atoms with Crippen LogP contribution < -0.4 is 5.32 Å². The molecule has 0 aromatic carbocycles. The maximum Gasteiger partial charge on any atom is 0.213 e. The fourth-order valence-corrected chi connectivity index (χ4v) is 1.95. The molecule has 2 rings (SSSR count). The summed E-state index contributed by atoms with van der Waals surface area (Å²) in [5.41, 5.74) is 0. The second kappa shape index (κ2) is 4.72. The van der Waals surface area contributed by atoms with Crippen molar-refractivity contribution in [3.05, 3.63) is 12.2 Å². The molecule has 0 spiro atoms. The van der Waals surface area contributed by atoms with Gasteiger partial charge in [0.1, 0.15) is 0 Å². The molecule has 1 saturated heterocycles. The van der Waals surface area contributed by atoms with E-state index in [9.17, 15) is 0 Å². The number of aromatic nitrogens is 2. The first-order valence-electron chi connectivity index (χ1n) is 5.48. The Balaban J connectivity index is 1.82. The summed E-state index contributed by atoms with van der Waals surface area (Å²) in [7, 11) is 0. The number of nitrogens with one attached hydrogen (secondary N) is 1. The van der Waals surface area contributed by atoms with Crippen molar-refractivity contribution in [2.45, 2.75) is 32.4 Å². The van der Waals surface area contributed by atoms with Crippen LogP contribution in [0.2, 0.25) is 0 Å². The summed E-state index contributed by atoms with van der Waals surface area (Å²) >= 11 is 0. The summed E-state index contributed by atoms with van der Waals surface area (Å²) in [5, 5.41) is 7.28. The minimum atomic E-state index is 0.575. The van der Waals surface area contributed by atoms with Crippen molar-refractivity contribution in [3.63, 3.8) is 0 Å². The summed E-state index contributed by atoms with van der Waals surface area (Å²) in [5.74, 6) is 0.799. The Morgan fingerprint density at radius 3 is 3.20 bits per heavy atom. The van der Waals surface area contributed by atoms with Crippen LogP contribution in [0.5, 0.6) is 0 Å². The van der Waals surface area contributed by atoms with Crippen LogP contribution in [0.1, 0.15) is 19.7 Å². The first kappa shape index (κ1) is 10.6. The summed E-state index contributed by atoms with van der Waals surface area (Å²) in [6.45, 7) is 7.63. The van der Waals surface area contributed by atoms with E-state index < -0.39 is 0 Å². The summed E-state index contributed by atoms with van der Waals surface area (Å²) in [6, 6.07) is 1.17. The molecule has 5 nitrogen and oxygen atoms in total. The maximum atomic E-state index is 4.71. The molecule has 1 aromatic rings. The first-order valence-corrected chi connectivity index (χ1v) is 5.48. The number of hydrogen-bond acceptors (Lipinski definition) is 5. The van der Waals surface area contributed by atoms with Crippen LogP contribution in [-0.4, -0.2) is 46.8 Å². The van der Waals surface area contributed by atoms with Gasteiger partial charge in [-0.1, -0.05) is 5.16 Å². The van der Waals surface area contributed by atoms with Gasteiger partial charge < -0.3 is 9.84 Å². The fraction of sp³-hybridized carbons (Fsp3) is 0.800. The molecule has 84 valence electrons. The molecule has 0 saturated carbocycles. The van der Waals surface area contributed by atoms with E-state index >= 15 is 0 Å². The lowest BCUT2D eigenvalue weighted by atomic mass is 10.1. The van der Waals surface area contributed by atoms with Crippen molar-refractivity contribution in [1.29, 1.82) is 0 Å². The molecule has 1 N–H and O–H groups in total. The molecule has 0 radical (unpaired) electrons. The Hall–Kier alpha value is -0.940. The predicted octanol–water partition coefficient (Wildman–Crippen LogP) is 0.294. The van der Waals surface area contributed by atoms with E-state index in [0.29, 0.717) is 12.1 Å². The van der Waals surface area contributed by atoms with Gasteiger partial charge in [-0.15, -0.1) is 0 Å². The van der Waals surface area contributed by atoms with Crippen LogP contribution in [0.3, 0.4) is 0 Å². The van der Waals surface area contributed by atoms with Gasteiger partial charge in [-0.05, 0) is 13.8 Å². The molecule has 0 bridgehead atoms. The van der Waals surface area contributed by atoms with E-state index in [-0.39, 0.29) is 0 Å². The van der Waals surface area contributed by atoms with Crippen molar-refractivity contribution in [3.8, 4) is 0 Å². The van der Waals surface area contributed by atoms with Crippen LogP contribution in [0, 0.1) is 0 Å². The van der Waals surface area contributed by atoms with Crippen molar-refractivity contribution >= 4 is 0 Å². The highest BCUT2D eigenvalue weighted by molar-refractivity contribution is 4.85. The van der Waals surface area contributed by atoms with E-state index in [2.05, 4.69) is 34.2 Å². The lowest BCUT2D eigenvalue weighted by Crippen LogP contribution is -2.54. The fourth-order valence-electron chi connectivity index (χ4n) is 1.95. The van der Waals surface area contributed by atoms with Crippen LogP contribution in [0.25, 0.3) is 0 Å². The molecule has 2 heterocycles. The Kier molecular flexibility index (Phi) is 3.33. The van der Waals surface area contributed by atoms with Crippen molar-refractivity contribution in [2.24, 2.45) is 0 Å². The van der Waals surface area contributed by atoms with Gasteiger partial charge in [0.2, 0.25) is 6.39 Å². The zero-order valence-corrected chi connectivity index (χ0v) is 9.31. The van der Waals surface area contributed by atoms with Gasteiger partial charge in [-0.25, -0.2) is 0 Å². The van der Waals surface area contributed by atoms with Gasteiger partial charge in [-0.3, -0.25) is 4.90 Å². The maximum absolute atomic E-state index is 4.71. The minimum Gasteiger partial charge on any atom is -0.343 e. The highest BCUT2D eigenvalue weighted by atomic mass is 16.5. The largest absolute Gasteiger partial charge is 0.343 e. The van der Waals surface area contributed by atoms with E-state index in [1.165, 1.54) is 6.39 Å². The third kappa shape index (κ3) is 2.76. The molecule has 2 atom stereocenters.